The monoisotopic (exact) mass is 253 g/mol. The summed E-state index contributed by atoms with van der Waals surface area (Å²) in [7, 11) is 1.47. The van der Waals surface area contributed by atoms with Crippen LogP contribution in [0.5, 0.6) is 5.75 Å². The molecule has 2 N–H and O–H groups in total. The Kier molecular flexibility index (Phi) is 5.60. The molecule has 0 saturated carbocycles. The lowest BCUT2D eigenvalue weighted by Gasteiger charge is -2.28. The van der Waals surface area contributed by atoms with Crippen molar-refractivity contribution in [1.82, 2.24) is 0 Å². The van der Waals surface area contributed by atoms with Crippen LogP contribution < -0.4 is 10.5 Å². The third-order valence-corrected chi connectivity index (χ3v) is 3.50. The van der Waals surface area contributed by atoms with Crippen LogP contribution in [-0.2, 0) is 6.42 Å². The van der Waals surface area contributed by atoms with Gasteiger partial charge in [-0.1, -0.05) is 32.8 Å². The van der Waals surface area contributed by atoms with Gasteiger partial charge in [0.15, 0.2) is 11.6 Å². The van der Waals surface area contributed by atoms with E-state index in [4.69, 9.17) is 10.5 Å². The highest BCUT2D eigenvalue weighted by Crippen LogP contribution is 2.24. The summed E-state index contributed by atoms with van der Waals surface area (Å²) in [6, 6.07) is 5.09. The summed E-state index contributed by atoms with van der Waals surface area (Å²) in [6.07, 6.45) is 4.84. The molecule has 1 aromatic carbocycles. The standard InChI is InChI=1S/C15H24FNO/c1-4-6-9-15(17,5-2)11-12-7-8-14(18-3)13(16)10-12/h7-8,10H,4-6,9,11,17H2,1-3H3. The Morgan fingerprint density at radius 1 is 1.33 bits per heavy atom. The molecule has 1 rings (SSSR count). The van der Waals surface area contributed by atoms with Crippen molar-refractivity contribution in [3.63, 3.8) is 0 Å². The van der Waals surface area contributed by atoms with Gasteiger partial charge in [0.2, 0.25) is 0 Å². The average molecular weight is 253 g/mol. The summed E-state index contributed by atoms with van der Waals surface area (Å²) in [5, 5.41) is 0. The Bertz CT molecular complexity index is 381. The molecule has 102 valence electrons. The first-order valence-electron chi connectivity index (χ1n) is 6.66. The molecule has 3 heteroatoms. The van der Waals surface area contributed by atoms with E-state index in [2.05, 4.69) is 13.8 Å². The average Bonchev–Trinajstić information content (AvgIpc) is 2.37. The fourth-order valence-corrected chi connectivity index (χ4v) is 2.15. The minimum atomic E-state index is -0.316. The Morgan fingerprint density at radius 2 is 2.06 bits per heavy atom. The van der Waals surface area contributed by atoms with Gasteiger partial charge in [0.25, 0.3) is 0 Å². The Hall–Kier alpha value is -1.09. The molecule has 1 atom stereocenters. The molecule has 2 nitrogen and oxygen atoms in total. The van der Waals surface area contributed by atoms with E-state index < -0.39 is 0 Å². The molecule has 0 fully saturated rings. The lowest BCUT2D eigenvalue weighted by atomic mass is 9.84. The van der Waals surface area contributed by atoms with Crippen molar-refractivity contribution >= 4 is 0 Å². The number of benzene rings is 1. The van der Waals surface area contributed by atoms with Gasteiger partial charge >= 0.3 is 0 Å². The number of ether oxygens (including phenoxy) is 1. The number of halogens is 1. The van der Waals surface area contributed by atoms with Crippen LogP contribution in [0.2, 0.25) is 0 Å². The second-order valence-electron chi connectivity index (χ2n) is 4.97. The van der Waals surface area contributed by atoms with Crippen LogP contribution in [0, 0.1) is 5.82 Å². The second kappa shape index (κ2) is 6.74. The number of unbranched alkanes of at least 4 members (excludes halogenated alkanes) is 1. The van der Waals surface area contributed by atoms with E-state index in [0.29, 0.717) is 6.42 Å². The zero-order valence-corrected chi connectivity index (χ0v) is 11.6. The molecule has 1 aromatic rings. The van der Waals surface area contributed by atoms with Crippen LogP contribution in [0.15, 0.2) is 18.2 Å². The molecule has 1 unspecified atom stereocenters. The topological polar surface area (TPSA) is 35.2 Å². The number of hydrogen-bond donors (Lipinski definition) is 1. The normalized spacial score (nSPS) is 14.3. The molecule has 0 aliphatic rings. The van der Waals surface area contributed by atoms with Crippen molar-refractivity contribution in [3.8, 4) is 5.75 Å². The predicted octanol–water partition coefficient (Wildman–Crippen LogP) is 3.67. The molecule has 0 spiro atoms. The van der Waals surface area contributed by atoms with Crippen LogP contribution in [0.25, 0.3) is 0 Å². The quantitative estimate of drug-likeness (QED) is 0.804. The fraction of sp³-hybridized carbons (Fsp3) is 0.600. The maximum absolute atomic E-state index is 13.6. The van der Waals surface area contributed by atoms with Crippen molar-refractivity contribution < 1.29 is 9.13 Å². The van der Waals surface area contributed by atoms with Crippen molar-refractivity contribution in [2.24, 2.45) is 5.73 Å². The maximum Gasteiger partial charge on any atom is 0.165 e. The maximum atomic E-state index is 13.6. The summed E-state index contributed by atoms with van der Waals surface area (Å²) in [4.78, 5) is 0. The van der Waals surface area contributed by atoms with Gasteiger partial charge < -0.3 is 10.5 Å². The lowest BCUT2D eigenvalue weighted by molar-refractivity contribution is 0.362. The third-order valence-electron chi connectivity index (χ3n) is 3.50. The predicted molar refractivity (Wildman–Crippen MR) is 73.4 cm³/mol. The van der Waals surface area contributed by atoms with E-state index in [9.17, 15) is 4.39 Å². The molecule has 0 amide bonds. The molecule has 18 heavy (non-hydrogen) atoms. The largest absolute Gasteiger partial charge is 0.494 e. The first-order valence-corrected chi connectivity index (χ1v) is 6.66. The minimum Gasteiger partial charge on any atom is -0.494 e. The molecular formula is C15H24FNO. The molecule has 0 heterocycles. The summed E-state index contributed by atoms with van der Waals surface area (Å²) in [5.41, 5.74) is 7.10. The molecule has 0 aliphatic carbocycles. The van der Waals surface area contributed by atoms with Crippen molar-refractivity contribution in [2.75, 3.05) is 7.11 Å². The number of nitrogens with two attached hydrogens (primary N) is 1. The van der Waals surface area contributed by atoms with Gasteiger partial charge in [-0.2, -0.15) is 0 Å². The number of methoxy groups -OCH3 is 1. The first-order chi connectivity index (χ1) is 8.54. The molecule has 0 saturated heterocycles. The number of hydrogen-bond acceptors (Lipinski definition) is 2. The molecule has 0 bridgehead atoms. The fourth-order valence-electron chi connectivity index (χ4n) is 2.15. The zero-order chi connectivity index (χ0) is 13.6. The lowest BCUT2D eigenvalue weighted by Crippen LogP contribution is -2.41. The SMILES string of the molecule is CCCCC(N)(CC)Cc1ccc(OC)c(F)c1. The van der Waals surface area contributed by atoms with E-state index in [1.54, 1.807) is 6.07 Å². The van der Waals surface area contributed by atoms with Crippen molar-refractivity contribution in [2.45, 2.75) is 51.5 Å². The summed E-state index contributed by atoms with van der Waals surface area (Å²) >= 11 is 0. The summed E-state index contributed by atoms with van der Waals surface area (Å²) < 4.78 is 18.5. The van der Waals surface area contributed by atoms with Gasteiger partial charge in [0.1, 0.15) is 0 Å². The molecule has 0 radical (unpaired) electrons. The van der Waals surface area contributed by atoms with Gasteiger partial charge in [0, 0.05) is 5.54 Å². The smallest absolute Gasteiger partial charge is 0.165 e. The zero-order valence-electron chi connectivity index (χ0n) is 11.6. The highest BCUT2D eigenvalue weighted by molar-refractivity contribution is 5.30. The van der Waals surface area contributed by atoms with E-state index in [1.165, 1.54) is 13.2 Å². The minimum absolute atomic E-state index is 0.225. The van der Waals surface area contributed by atoms with Crippen LogP contribution >= 0.6 is 0 Å². The molecule has 0 aliphatic heterocycles. The van der Waals surface area contributed by atoms with Crippen molar-refractivity contribution in [3.05, 3.63) is 29.6 Å². The van der Waals surface area contributed by atoms with Gasteiger partial charge in [-0.3, -0.25) is 0 Å². The van der Waals surface area contributed by atoms with Crippen LogP contribution in [0.3, 0.4) is 0 Å². The van der Waals surface area contributed by atoms with Crippen LogP contribution in [-0.4, -0.2) is 12.6 Å². The highest BCUT2D eigenvalue weighted by atomic mass is 19.1. The molecular weight excluding hydrogens is 229 g/mol. The third kappa shape index (κ3) is 3.98. The Balaban J connectivity index is 2.78. The Labute approximate surface area is 109 Å². The summed E-state index contributed by atoms with van der Waals surface area (Å²) in [6.45, 7) is 4.25. The second-order valence-corrected chi connectivity index (χ2v) is 4.97. The molecule has 0 aromatic heterocycles. The number of rotatable bonds is 7. The first kappa shape index (κ1) is 15.0. The van der Waals surface area contributed by atoms with Crippen LogP contribution in [0.4, 0.5) is 4.39 Å². The van der Waals surface area contributed by atoms with E-state index in [1.807, 2.05) is 6.07 Å². The van der Waals surface area contributed by atoms with Gasteiger partial charge in [0.05, 0.1) is 7.11 Å². The van der Waals surface area contributed by atoms with E-state index >= 15 is 0 Å². The van der Waals surface area contributed by atoms with Crippen LogP contribution in [0.1, 0.15) is 45.1 Å². The van der Waals surface area contributed by atoms with Crippen molar-refractivity contribution in [1.29, 1.82) is 0 Å². The van der Waals surface area contributed by atoms with Gasteiger partial charge in [-0.15, -0.1) is 0 Å². The van der Waals surface area contributed by atoms with E-state index in [-0.39, 0.29) is 17.1 Å². The van der Waals surface area contributed by atoms with E-state index in [0.717, 1.165) is 31.2 Å². The Morgan fingerprint density at radius 3 is 2.56 bits per heavy atom. The van der Waals surface area contributed by atoms with Gasteiger partial charge in [-0.25, -0.2) is 4.39 Å². The van der Waals surface area contributed by atoms with Gasteiger partial charge in [-0.05, 0) is 37.0 Å². The highest BCUT2D eigenvalue weighted by Gasteiger charge is 2.22. The summed E-state index contributed by atoms with van der Waals surface area (Å²) in [5.74, 6) is -0.0321.